The second-order valence-electron chi connectivity index (χ2n) is 5.33. The molecule has 1 aromatic rings. The Morgan fingerprint density at radius 2 is 2.11 bits per heavy atom. The van der Waals surface area contributed by atoms with Gasteiger partial charge in [-0.3, -0.25) is 4.79 Å². The molecule has 1 amide bonds. The Balaban J connectivity index is 2.24. The van der Waals surface area contributed by atoms with Crippen molar-refractivity contribution in [2.75, 3.05) is 19.6 Å². The van der Waals surface area contributed by atoms with Gasteiger partial charge in [-0.25, -0.2) is 0 Å². The maximum Gasteiger partial charge on any atom is 0.254 e. The molecule has 1 N–H and O–H groups in total. The number of hydrogen-bond acceptors (Lipinski definition) is 2. The summed E-state index contributed by atoms with van der Waals surface area (Å²) >= 11 is 0. The van der Waals surface area contributed by atoms with E-state index in [0.717, 1.165) is 30.8 Å². The summed E-state index contributed by atoms with van der Waals surface area (Å²) in [5, 5.41) is 3.37. The van der Waals surface area contributed by atoms with Gasteiger partial charge in [0.1, 0.15) is 0 Å². The van der Waals surface area contributed by atoms with Gasteiger partial charge >= 0.3 is 0 Å². The minimum atomic E-state index is 0.174. The van der Waals surface area contributed by atoms with Crippen LogP contribution in [0.5, 0.6) is 0 Å². The van der Waals surface area contributed by atoms with Crippen molar-refractivity contribution in [1.82, 2.24) is 10.2 Å². The van der Waals surface area contributed by atoms with Crippen LogP contribution in [0.1, 0.15) is 29.8 Å². The van der Waals surface area contributed by atoms with E-state index in [1.807, 2.05) is 36.1 Å². The molecule has 0 saturated carbocycles. The molecule has 0 aromatic heterocycles. The molecule has 0 radical (unpaired) electrons. The molecule has 1 saturated heterocycles. The van der Waals surface area contributed by atoms with Gasteiger partial charge in [0.15, 0.2) is 0 Å². The van der Waals surface area contributed by atoms with Crippen LogP contribution in [0, 0.1) is 12.8 Å². The van der Waals surface area contributed by atoms with Crippen LogP contribution < -0.4 is 5.32 Å². The Labute approximate surface area is 109 Å². The van der Waals surface area contributed by atoms with E-state index in [1.165, 1.54) is 0 Å². The molecular formula is C15H22N2O. The molecule has 1 unspecified atom stereocenters. The van der Waals surface area contributed by atoms with E-state index in [4.69, 9.17) is 0 Å². The van der Waals surface area contributed by atoms with Crippen LogP contribution in [-0.4, -0.2) is 36.5 Å². The van der Waals surface area contributed by atoms with E-state index >= 15 is 0 Å². The number of carbonyl (C=O) groups is 1. The van der Waals surface area contributed by atoms with Crippen molar-refractivity contribution < 1.29 is 4.79 Å². The first-order chi connectivity index (χ1) is 8.61. The van der Waals surface area contributed by atoms with E-state index in [1.54, 1.807) is 0 Å². The first-order valence-electron chi connectivity index (χ1n) is 6.68. The summed E-state index contributed by atoms with van der Waals surface area (Å²) in [6, 6.07) is 8.14. The van der Waals surface area contributed by atoms with Gasteiger partial charge in [-0.05, 0) is 24.5 Å². The predicted octanol–water partition coefficient (Wildman–Crippen LogP) is 2.07. The van der Waals surface area contributed by atoms with Crippen molar-refractivity contribution in [1.29, 1.82) is 0 Å². The Hall–Kier alpha value is -1.35. The van der Waals surface area contributed by atoms with Crippen molar-refractivity contribution in [3.8, 4) is 0 Å². The van der Waals surface area contributed by atoms with Gasteiger partial charge < -0.3 is 10.2 Å². The number of amides is 1. The predicted molar refractivity (Wildman–Crippen MR) is 73.7 cm³/mol. The highest BCUT2D eigenvalue weighted by molar-refractivity contribution is 5.95. The van der Waals surface area contributed by atoms with Crippen LogP contribution in [0.4, 0.5) is 0 Å². The highest BCUT2D eigenvalue weighted by Gasteiger charge is 2.29. The standard InChI is InChI=1S/C15H22N2O/c1-11(2)14-10-16-8-9-17(14)15(18)13-7-5-4-6-12(13)3/h4-7,11,14,16H,8-10H2,1-3H3. The number of benzene rings is 1. The third kappa shape index (κ3) is 2.56. The highest BCUT2D eigenvalue weighted by atomic mass is 16.2. The Kier molecular flexibility index (Phi) is 4.02. The quantitative estimate of drug-likeness (QED) is 0.866. The molecule has 0 spiro atoms. The molecule has 0 bridgehead atoms. The van der Waals surface area contributed by atoms with Gasteiger partial charge in [-0.1, -0.05) is 32.0 Å². The van der Waals surface area contributed by atoms with Crippen molar-refractivity contribution in [2.24, 2.45) is 5.92 Å². The molecule has 3 heteroatoms. The topological polar surface area (TPSA) is 32.3 Å². The molecule has 1 fully saturated rings. The first kappa shape index (κ1) is 13.1. The van der Waals surface area contributed by atoms with Crippen LogP contribution in [0.25, 0.3) is 0 Å². The molecule has 1 atom stereocenters. The lowest BCUT2D eigenvalue weighted by atomic mass is 9.98. The number of carbonyl (C=O) groups excluding carboxylic acids is 1. The largest absolute Gasteiger partial charge is 0.333 e. The van der Waals surface area contributed by atoms with Crippen molar-refractivity contribution >= 4 is 5.91 Å². The number of nitrogens with one attached hydrogen (secondary N) is 1. The molecular weight excluding hydrogens is 224 g/mol. The average Bonchev–Trinajstić information content (AvgIpc) is 2.38. The summed E-state index contributed by atoms with van der Waals surface area (Å²) in [5.74, 6) is 0.652. The van der Waals surface area contributed by atoms with Gasteiger partial charge in [0.05, 0.1) is 0 Å². The van der Waals surface area contributed by atoms with Crippen LogP contribution in [0.3, 0.4) is 0 Å². The Bertz CT molecular complexity index is 428. The van der Waals surface area contributed by atoms with Gasteiger partial charge in [-0.2, -0.15) is 0 Å². The van der Waals surface area contributed by atoms with E-state index in [2.05, 4.69) is 19.2 Å². The summed E-state index contributed by atoms with van der Waals surface area (Å²) in [6.07, 6.45) is 0. The third-order valence-electron chi connectivity index (χ3n) is 3.69. The number of hydrogen-bond donors (Lipinski definition) is 1. The lowest BCUT2D eigenvalue weighted by Crippen LogP contribution is -2.55. The smallest absolute Gasteiger partial charge is 0.254 e. The zero-order valence-electron chi connectivity index (χ0n) is 11.4. The van der Waals surface area contributed by atoms with Crippen molar-refractivity contribution in [3.63, 3.8) is 0 Å². The molecule has 18 heavy (non-hydrogen) atoms. The zero-order chi connectivity index (χ0) is 13.1. The van der Waals surface area contributed by atoms with E-state index in [0.29, 0.717) is 12.0 Å². The summed E-state index contributed by atoms with van der Waals surface area (Å²) in [5.41, 5.74) is 1.90. The molecule has 1 aromatic carbocycles. The van der Waals surface area contributed by atoms with Crippen LogP contribution in [-0.2, 0) is 0 Å². The minimum absolute atomic E-state index is 0.174. The van der Waals surface area contributed by atoms with Crippen LogP contribution in [0.2, 0.25) is 0 Å². The average molecular weight is 246 g/mol. The monoisotopic (exact) mass is 246 g/mol. The number of rotatable bonds is 2. The second-order valence-corrected chi connectivity index (χ2v) is 5.33. The molecule has 1 aliphatic heterocycles. The fourth-order valence-electron chi connectivity index (χ4n) is 2.54. The maximum absolute atomic E-state index is 12.6. The van der Waals surface area contributed by atoms with E-state index < -0.39 is 0 Å². The Morgan fingerprint density at radius 3 is 2.78 bits per heavy atom. The summed E-state index contributed by atoms with van der Waals surface area (Å²) < 4.78 is 0. The van der Waals surface area contributed by atoms with Gasteiger partial charge in [-0.15, -0.1) is 0 Å². The van der Waals surface area contributed by atoms with Crippen LogP contribution >= 0.6 is 0 Å². The fourth-order valence-corrected chi connectivity index (χ4v) is 2.54. The Morgan fingerprint density at radius 1 is 1.39 bits per heavy atom. The van der Waals surface area contributed by atoms with Crippen molar-refractivity contribution in [2.45, 2.75) is 26.8 Å². The molecule has 98 valence electrons. The molecule has 1 aliphatic rings. The first-order valence-corrected chi connectivity index (χ1v) is 6.68. The summed E-state index contributed by atoms with van der Waals surface area (Å²) in [4.78, 5) is 14.7. The lowest BCUT2D eigenvalue weighted by Gasteiger charge is -2.39. The van der Waals surface area contributed by atoms with E-state index in [-0.39, 0.29) is 5.91 Å². The molecule has 2 rings (SSSR count). The van der Waals surface area contributed by atoms with Crippen molar-refractivity contribution in [3.05, 3.63) is 35.4 Å². The summed E-state index contributed by atoms with van der Waals surface area (Å²) in [7, 11) is 0. The van der Waals surface area contributed by atoms with Gasteiger partial charge in [0.2, 0.25) is 0 Å². The van der Waals surface area contributed by atoms with Crippen LogP contribution in [0.15, 0.2) is 24.3 Å². The van der Waals surface area contributed by atoms with Gasteiger partial charge in [0, 0.05) is 31.2 Å². The number of nitrogens with zero attached hydrogens (tertiary/aromatic N) is 1. The number of aryl methyl sites for hydroxylation is 1. The third-order valence-corrected chi connectivity index (χ3v) is 3.69. The van der Waals surface area contributed by atoms with E-state index in [9.17, 15) is 4.79 Å². The zero-order valence-corrected chi connectivity index (χ0v) is 11.4. The second kappa shape index (κ2) is 5.53. The molecule has 3 nitrogen and oxygen atoms in total. The highest BCUT2D eigenvalue weighted by Crippen LogP contribution is 2.18. The lowest BCUT2D eigenvalue weighted by molar-refractivity contribution is 0.0572. The molecule has 0 aliphatic carbocycles. The summed E-state index contributed by atoms with van der Waals surface area (Å²) in [6.45, 7) is 8.94. The minimum Gasteiger partial charge on any atom is -0.333 e. The number of piperazine rings is 1. The van der Waals surface area contributed by atoms with Gasteiger partial charge in [0.25, 0.3) is 5.91 Å². The SMILES string of the molecule is Cc1ccccc1C(=O)N1CCNCC1C(C)C. The fraction of sp³-hybridized carbons (Fsp3) is 0.533. The molecule has 1 heterocycles. The maximum atomic E-state index is 12.6. The normalized spacial score (nSPS) is 20.2.